The maximum Gasteiger partial charge on any atom is 0.253 e. The molecular weight excluding hydrogens is 406 g/mol. The molecule has 0 aliphatic carbocycles. The van der Waals surface area contributed by atoms with E-state index in [2.05, 4.69) is 0 Å². The van der Waals surface area contributed by atoms with E-state index >= 15 is 0 Å². The van der Waals surface area contributed by atoms with E-state index in [1.807, 2.05) is 0 Å². The number of hydrogen-bond acceptors (Lipinski definition) is 7. The number of likely N-dealkylation sites (tertiary alicyclic amines) is 1. The summed E-state index contributed by atoms with van der Waals surface area (Å²) < 4.78 is 60.3. The SMILES string of the molecule is O=C(c1cccc(S(=O)(=O)C2CCS(=O)(=O)C2)c1)N1CCC2(CC1)OCCO2. The monoisotopic (exact) mass is 429 g/mol. The van der Waals surface area contributed by atoms with E-state index in [-0.39, 0.29) is 34.3 Å². The Labute approximate surface area is 164 Å². The molecule has 0 radical (unpaired) electrons. The zero-order valence-electron chi connectivity index (χ0n) is 15.4. The quantitative estimate of drug-likeness (QED) is 0.693. The first-order valence-corrected chi connectivity index (χ1v) is 12.7. The maximum atomic E-state index is 12.9. The molecule has 1 amide bonds. The summed E-state index contributed by atoms with van der Waals surface area (Å²) in [5.74, 6) is -1.31. The number of ether oxygens (including phenoxy) is 2. The Morgan fingerprint density at radius 2 is 1.82 bits per heavy atom. The van der Waals surface area contributed by atoms with Gasteiger partial charge in [-0.05, 0) is 24.6 Å². The molecule has 3 heterocycles. The molecule has 3 aliphatic heterocycles. The molecule has 0 N–H and O–H groups in total. The Balaban J connectivity index is 1.50. The number of carbonyl (C=O) groups excluding carboxylic acids is 1. The van der Waals surface area contributed by atoms with Crippen LogP contribution >= 0.6 is 0 Å². The second-order valence-electron chi connectivity index (χ2n) is 7.50. The van der Waals surface area contributed by atoms with E-state index in [1.54, 1.807) is 11.0 Å². The lowest BCUT2D eigenvalue weighted by molar-refractivity contribution is -0.181. The molecule has 1 spiro atoms. The number of piperidine rings is 1. The van der Waals surface area contributed by atoms with Crippen LogP contribution in [-0.2, 0) is 29.1 Å². The van der Waals surface area contributed by atoms with Gasteiger partial charge in [0.15, 0.2) is 25.5 Å². The molecule has 1 aromatic carbocycles. The van der Waals surface area contributed by atoms with Gasteiger partial charge in [-0.25, -0.2) is 16.8 Å². The van der Waals surface area contributed by atoms with Crippen molar-refractivity contribution < 1.29 is 31.1 Å². The van der Waals surface area contributed by atoms with Gasteiger partial charge in [-0.1, -0.05) is 6.07 Å². The minimum atomic E-state index is -3.80. The Morgan fingerprint density at radius 1 is 1.14 bits per heavy atom. The van der Waals surface area contributed by atoms with Gasteiger partial charge < -0.3 is 14.4 Å². The van der Waals surface area contributed by atoms with Crippen LogP contribution in [0, 0.1) is 0 Å². The van der Waals surface area contributed by atoms with Crippen molar-refractivity contribution >= 4 is 25.6 Å². The Kier molecular flexibility index (Phi) is 5.01. The van der Waals surface area contributed by atoms with Gasteiger partial charge >= 0.3 is 0 Å². The van der Waals surface area contributed by atoms with E-state index in [9.17, 15) is 21.6 Å². The van der Waals surface area contributed by atoms with Crippen molar-refractivity contribution in [2.45, 2.75) is 35.2 Å². The van der Waals surface area contributed by atoms with Crippen LogP contribution in [0.1, 0.15) is 29.6 Å². The molecular formula is C18H23NO7S2. The van der Waals surface area contributed by atoms with Gasteiger partial charge in [0.25, 0.3) is 5.91 Å². The van der Waals surface area contributed by atoms with Crippen molar-refractivity contribution in [1.82, 2.24) is 4.90 Å². The molecule has 0 bridgehead atoms. The van der Waals surface area contributed by atoms with Crippen LogP contribution in [0.25, 0.3) is 0 Å². The van der Waals surface area contributed by atoms with Gasteiger partial charge in [0.2, 0.25) is 0 Å². The van der Waals surface area contributed by atoms with E-state index < -0.39 is 30.7 Å². The summed E-state index contributed by atoms with van der Waals surface area (Å²) in [6.45, 7) is 2.06. The highest BCUT2D eigenvalue weighted by Gasteiger charge is 2.41. The number of sulfone groups is 2. The molecule has 3 saturated heterocycles. The molecule has 10 heteroatoms. The summed E-state index contributed by atoms with van der Waals surface area (Å²) >= 11 is 0. The van der Waals surface area contributed by atoms with Crippen LogP contribution in [-0.4, -0.2) is 76.5 Å². The Morgan fingerprint density at radius 3 is 2.43 bits per heavy atom. The zero-order chi connectivity index (χ0) is 20.0. The molecule has 3 aliphatic rings. The largest absolute Gasteiger partial charge is 0.347 e. The van der Waals surface area contributed by atoms with Crippen molar-refractivity contribution in [2.24, 2.45) is 0 Å². The van der Waals surface area contributed by atoms with Crippen molar-refractivity contribution in [3.63, 3.8) is 0 Å². The number of benzene rings is 1. The lowest BCUT2D eigenvalue weighted by Gasteiger charge is -2.37. The summed E-state index contributed by atoms with van der Waals surface area (Å²) in [4.78, 5) is 14.5. The van der Waals surface area contributed by atoms with Crippen molar-refractivity contribution in [3.8, 4) is 0 Å². The number of amides is 1. The summed E-state index contributed by atoms with van der Waals surface area (Å²) in [5, 5.41) is -0.950. The fraction of sp³-hybridized carbons (Fsp3) is 0.611. The Hall–Kier alpha value is -1.49. The summed E-state index contributed by atoms with van der Waals surface area (Å²) in [5.41, 5.74) is 0.283. The first-order chi connectivity index (χ1) is 13.2. The van der Waals surface area contributed by atoms with E-state index in [0.29, 0.717) is 39.1 Å². The van der Waals surface area contributed by atoms with Crippen molar-refractivity contribution in [1.29, 1.82) is 0 Å². The molecule has 1 aromatic rings. The van der Waals surface area contributed by atoms with Gasteiger partial charge in [-0.2, -0.15) is 0 Å². The number of hydrogen-bond donors (Lipinski definition) is 0. The molecule has 1 atom stereocenters. The molecule has 28 heavy (non-hydrogen) atoms. The minimum absolute atomic E-state index is 0.00334. The van der Waals surface area contributed by atoms with Crippen LogP contribution in [0.3, 0.4) is 0 Å². The molecule has 8 nitrogen and oxygen atoms in total. The van der Waals surface area contributed by atoms with Crippen LogP contribution < -0.4 is 0 Å². The average Bonchev–Trinajstić information content (AvgIpc) is 3.28. The molecule has 154 valence electrons. The third-order valence-corrected chi connectivity index (χ3v) is 9.83. The van der Waals surface area contributed by atoms with Gasteiger partial charge in [-0.3, -0.25) is 4.79 Å². The highest BCUT2D eigenvalue weighted by atomic mass is 32.2. The summed E-state index contributed by atoms with van der Waals surface area (Å²) in [6, 6.07) is 5.88. The normalized spacial score (nSPS) is 26.6. The average molecular weight is 430 g/mol. The third kappa shape index (κ3) is 3.70. The van der Waals surface area contributed by atoms with Gasteiger partial charge in [0.05, 0.1) is 34.9 Å². The third-order valence-electron chi connectivity index (χ3n) is 5.67. The topological polar surface area (TPSA) is 107 Å². The first-order valence-electron chi connectivity index (χ1n) is 9.32. The second kappa shape index (κ2) is 7.08. The number of nitrogens with zero attached hydrogens (tertiary/aromatic N) is 1. The fourth-order valence-corrected chi connectivity index (χ4v) is 8.43. The van der Waals surface area contributed by atoms with E-state index in [4.69, 9.17) is 9.47 Å². The Bertz CT molecular complexity index is 971. The van der Waals surface area contributed by atoms with Crippen LogP contribution in [0.2, 0.25) is 0 Å². The van der Waals surface area contributed by atoms with Crippen molar-refractivity contribution in [2.75, 3.05) is 37.8 Å². The maximum absolute atomic E-state index is 12.9. The fourth-order valence-electron chi connectivity index (χ4n) is 4.02. The van der Waals surface area contributed by atoms with Crippen LogP contribution in [0.15, 0.2) is 29.2 Å². The summed E-state index contributed by atoms with van der Waals surface area (Å²) in [7, 11) is -7.12. The second-order valence-corrected chi connectivity index (χ2v) is 12.0. The first kappa shape index (κ1) is 19.8. The lowest BCUT2D eigenvalue weighted by Crippen LogP contribution is -2.47. The van der Waals surface area contributed by atoms with Crippen LogP contribution in [0.4, 0.5) is 0 Å². The molecule has 0 saturated carbocycles. The summed E-state index contributed by atoms with van der Waals surface area (Å²) in [6.07, 6.45) is 1.25. The smallest absolute Gasteiger partial charge is 0.253 e. The molecule has 3 fully saturated rings. The van der Waals surface area contributed by atoms with Gasteiger partial charge in [-0.15, -0.1) is 0 Å². The van der Waals surface area contributed by atoms with Gasteiger partial charge in [0, 0.05) is 31.5 Å². The van der Waals surface area contributed by atoms with Crippen LogP contribution in [0.5, 0.6) is 0 Å². The predicted octanol–water partition coefficient (Wildman–Crippen LogP) is 0.627. The number of rotatable bonds is 3. The highest BCUT2D eigenvalue weighted by Crippen LogP contribution is 2.32. The molecule has 1 unspecified atom stereocenters. The predicted molar refractivity (Wildman–Crippen MR) is 100 cm³/mol. The molecule has 0 aromatic heterocycles. The van der Waals surface area contributed by atoms with E-state index in [0.717, 1.165) is 0 Å². The van der Waals surface area contributed by atoms with E-state index in [1.165, 1.54) is 18.2 Å². The highest BCUT2D eigenvalue weighted by molar-refractivity contribution is 7.96. The standard InChI is InChI=1S/C18H23NO7S2/c20-17(19-7-5-18(6-8-19)25-9-10-26-18)14-2-1-3-15(12-14)28(23,24)16-4-11-27(21,22)13-16/h1-3,12,16H,4-11,13H2. The van der Waals surface area contributed by atoms with Crippen molar-refractivity contribution in [3.05, 3.63) is 29.8 Å². The molecule has 4 rings (SSSR count). The minimum Gasteiger partial charge on any atom is -0.347 e. The van der Waals surface area contributed by atoms with Gasteiger partial charge in [0.1, 0.15) is 0 Å². The zero-order valence-corrected chi connectivity index (χ0v) is 17.0. The lowest BCUT2D eigenvalue weighted by atomic mass is 10.0. The number of carbonyl (C=O) groups is 1.